The molecule has 1 unspecified atom stereocenters. The molecule has 0 bridgehead atoms. The summed E-state index contributed by atoms with van der Waals surface area (Å²) in [4.78, 5) is 4.40. The van der Waals surface area contributed by atoms with Crippen LogP contribution in [0.2, 0.25) is 0 Å². The first-order chi connectivity index (χ1) is 12.6. The lowest BCUT2D eigenvalue weighted by molar-refractivity contribution is -0.274. The number of rotatable bonds is 4. The van der Waals surface area contributed by atoms with Crippen molar-refractivity contribution in [3.63, 3.8) is 0 Å². The quantitative estimate of drug-likeness (QED) is 0.636. The SMILES string of the molecule is Cc1nc(-c2ccc(N=S(C)(=O)c3ccc(OC(F)(F)F)cc3)cc2)no1. The zero-order valence-corrected chi connectivity index (χ0v) is 15.0. The highest BCUT2D eigenvalue weighted by atomic mass is 32.2. The molecule has 6 nitrogen and oxygen atoms in total. The number of hydrogen-bond acceptors (Lipinski definition) is 6. The molecular formula is C17H14F3N3O3S. The molecule has 0 aliphatic heterocycles. The van der Waals surface area contributed by atoms with E-state index in [1.54, 1.807) is 31.2 Å². The Hall–Kier alpha value is -2.88. The van der Waals surface area contributed by atoms with Gasteiger partial charge >= 0.3 is 6.36 Å². The van der Waals surface area contributed by atoms with Crippen LogP contribution in [0, 0.1) is 6.92 Å². The van der Waals surface area contributed by atoms with Gasteiger partial charge in [-0.05, 0) is 48.5 Å². The lowest BCUT2D eigenvalue weighted by Crippen LogP contribution is -2.17. The Balaban J connectivity index is 1.83. The molecule has 0 aliphatic rings. The van der Waals surface area contributed by atoms with Crippen LogP contribution in [-0.2, 0) is 9.73 Å². The van der Waals surface area contributed by atoms with Crippen molar-refractivity contribution < 1.29 is 26.6 Å². The molecule has 0 radical (unpaired) electrons. The third-order valence-electron chi connectivity index (χ3n) is 3.43. The Kier molecular flexibility index (Phi) is 4.92. The van der Waals surface area contributed by atoms with E-state index in [2.05, 4.69) is 19.2 Å². The van der Waals surface area contributed by atoms with Crippen LogP contribution in [0.25, 0.3) is 11.4 Å². The Bertz CT molecular complexity index is 1050. The van der Waals surface area contributed by atoms with Gasteiger partial charge in [0.2, 0.25) is 11.7 Å². The predicted molar refractivity (Wildman–Crippen MR) is 92.0 cm³/mol. The van der Waals surface area contributed by atoms with Crippen LogP contribution in [0.3, 0.4) is 0 Å². The standard InChI is InChI=1S/C17H14F3N3O3S/c1-11-21-16(22-26-11)12-3-5-13(6-4-12)23-27(2,24)15-9-7-14(8-10-15)25-17(18,19)20/h3-10H,1-2H3. The van der Waals surface area contributed by atoms with Crippen LogP contribution in [-0.4, -0.2) is 27.0 Å². The van der Waals surface area contributed by atoms with Crippen molar-refractivity contribution in [1.29, 1.82) is 0 Å². The Morgan fingerprint density at radius 1 is 1.07 bits per heavy atom. The van der Waals surface area contributed by atoms with Gasteiger partial charge in [0.1, 0.15) is 5.75 Å². The minimum atomic E-state index is -4.78. The number of aromatic nitrogens is 2. The van der Waals surface area contributed by atoms with E-state index in [4.69, 9.17) is 4.52 Å². The van der Waals surface area contributed by atoms with Crippen molar-refractivity contribution in [2.24, 2.45) is 4.36 Å². The third-order valence-corrected chi connectivity index (χ3v) is 5.13. The number of halogens is 3. The molecule has 2 aromatic carbocycles. The summed E-state index contributed by atoms with van der Waals surface area (Å²) in [6, 6.07) is 11.5. The number of nitrogens with zero attached hydrogens (tertiary/aromatic N) is 3. The van der Waals surface area contributed by atoms with Gasteiger partial charge in [0, 0.05) is 23.6 Å². The van der Waals surface area contributed by atoms with Crippen LogP contribution in [0.1, 0.15) is 5.89 Å². The Morgan fingerprint density at radius 2 is 1.70 bits per heavy atom. The van der Waals surface area contributed by atoms with E-state index in [1.807, 2.05) is 0 Å². The normalized spacial score (nSPS) is 13.8. The van der Waals surface area contributed by atoms with Crippen molar-refractivity contribution in [2.75, 3.05) is 6.26 Å². The topological polar surface area (TPSA) is 77.6 Å². The van der Waals surface area contributed by atoms with Crippen molar-refractivity contribution in [3.8, 4) is 17.1 Å². The molecule has 0 spiro atoms. The second-order valence-electron chi connectivity index (χ2n) is 5.60. The average molecular weight is 397 g/mol. The minimum absolute atomic E-state index is 0.287. The van der Waals surface area contributed by atoms with Crippen molar-refractivity contribution >= 4 is 15.4 Å². The van der Waals surface area contributed by atoms with Gasteiger partial charge in [0.25, 0.3) is 0 Å². The summed E-state index contributed by atoms with van der Waals surface area (Å²) in [6.45, 7) is 1.68. The lowest BCUT2D eigenvalue weighted by atomic mass is 10.2. The van der Waals surface area contributed by atoms with Crippen LogP contribution in [0.5, 0.6) is 5.75 Å². The van der Waals surface area contributed by atoms with Crippen LogP contribution >= 0.6 is 0 Å². The monoisotopic (exact) mass is 397 g/mol. The summed E-state index contributed by atoms with van der Waals surface area (Å²) in [5, 5.41) is 3.81. The average Bonchev–Trinajstić information content (AvgIpc) is 3.01. The van der Waals surface area contributed by atoms with Crippen molar-refractivity contribution in [1.82, 2.24) is 10.1 Å². The van der Waals surface area contributed by atoms with Gasteiger partial charge in [0.15, 0.2) is 0 Å². The molecule has 3 aromatic rings. The zero-order chi connectivity index (χ0) is 19.7. The molecule has 1 atom stereocenters. The maximum Gasteiger partial charge on any atom is 0.573 e. The van der Waals surface area contributed by atoms with Gasteiger partial charge in [-0.2, -0.15) is 9.35 Å². The van der Waals surface area contributed by atoms with Crippen molar-refractivity contribution in [3.05, 3.63) is 54.4 Å². The highest BCUT2D eigenvalue weighted by Gasteiger charge is 2.31. The molecule has 10 heteroatoms. The number of ether oxygens (including phenoxy) is 1. The van der Waals surface area contributed by atoms with Crippen LogP contribution < -0.4 is 4.74 Å². The first-order valence-corrected chi connectivity index (χ1v) is 9.53. The maximum atomic E-state index is 12.8. The summed E-state index contributed by atoms with van der Waals surface area (Å²) in [6.07, 6.45) is -3.37. The molecule has 1 heterocycles. The lowest BCUT2D eigenvalue weighted by Gasteiger charge is -2.10. The molecule has 1 aromatic heterocycles. The van der Waals surface area contributed by atoms with E-state index < -0.39 is 16.1 Å². The molecule has 3 rings (SSSR count). The van der Waals surface area contributed by atoms with Gasteiger partial charge < -0.3 is 9.26 Å². The molecule has 0 amide bonds. The second-order valence-corrected chi connectivity index (χ2v) is 7.86. The number of benzene rings is 2. The van der Waals surface area contributed by atoms with Gasteiger partial charge in [0.05, 0.1) is 15.4 Å². The highest BCUT2D eigenvalue weighted by Crippen LogP contribution is 2.26. The molecule has 0 fully saturated rings. The summed E-state index contributed by atoms with van der Waals surface area (Å²) >= 11 is 0. The molecule has 0 saturated carbocycles. The van der Waals surface area contributed by atoms with Gasteiger partial charge in [-0.3, -0.25) is 0 Å². The molecule has 0 saturated heterocycles. The summed E-state index contributed by atoms with van der Waals surface area (Å²) < 4.78 is 62.4. The van der Waals surface area contributed by atoms with Crippen LogP contribution in [0.15, 0.2) is 62.3 Å². The smallest absolute Gasteiger partial charge is 0.406 e. The molecule has 27 heavy (non-hydrogen) atoms. The van der Waals surface area contributed by atoms with Crippen molar-refractivity contribution in [2.45, 2.75) is 18.2 Å². The van der Waals surface area contributed by atoms with E-state index in [0.717, 1.165) is 12.1 Å². The summed E-state index contributed by atoms with van der Waals surface area (Å²) in [5.41, 5.74) is 1.16. The highest BCUT2D eigenvalue weighted by molar-refractivity contribution is 7.93. The summed E-state index contributed by atoms with van der Waals surface area (Å²) in [7, 11) is -2.86. The Morgan fingerprint density at radius 3 is 2.22 bits per heavy atom. The fourth-order valence-corrected chi connectivity index (χ4v) is 3.51. The zero-order valence-electron chi connectivity index (χ0n) is 14.2. The van der Waals surface area contributed by atoms with Gasteiger partial charge in [-0.1, -0.05) is 5.16 Å². The summed E-state index contributed by atoms with van der Waals surface area (Å²) in [5.74, 6) is 0.478. The second kappa shape index (κ2) is 7.03. The van der Waals surface area contributed by atoms with E-state index in [0.29, 0.717) is 23.0 Å². The predicted octanol–water partition coefficient (Wildman–Crippen LogP) is 4.73. The molecule has 0 N–H and O–H groups in total. The Labute approximate surface area is 153 Å². The molecule has 0 aliphatic carbocycles. The fraction of sp³-hybridized carbons (Fsp3) is 0.176. The number of aryl methyl sites for hydroxylation is 1. The van der Waals surface area contributed by atoms with Crippen LogP contribution in [0.4, 0.5) is 18.9 Å². The first-order valence-electron chi connectivity index (χ1n) is 7.61. The minimum Gasteiger partial charge on any atom is -0.406 e. The maximum absolute atomic E-state index is 12.8. The third kappa shape index (κ3) is 4.85. The van der Waals surface area contributed by atoms with E-state index in [9.17, 15) is 17.4 Å². The van der Waals surface area contributed by atoms with E-state index in [-0.39, 0.29) is 10.6 Å². The van der Waals surface area contributed by atoms with E-state index in [1.165, 1.54) is 18.4 Å². The first kappa shape index (κ1) is 18.9. The number of hydrogen-bond donors (Lipinski definition) is 0. The number of alkyl halides is 3. The largest absolute Gasteiger partial charge is 0.573 e. The van der Waals surface area contributed by atoms with Gasteiger partial charge in [-0.25, -0.2) is 4.21 Å². The van der Waals surface area contributed by atoms with Gasteiger partial charge in [-0.15, -0.1) is 13.2 Å². The fourth-order valence-electron chi connectivity index (χ4n) is 2.24. The molecular weight excluding hydrogens is 383 g/mol. The van der Waals surface area contributed by atoms with E-state index >= 15 is 0 Å². The molecule has 142 valence electrons.